The third-order valence-corrected chi connectivity index (χ3v) is 0.811. The Morgan fingerprint density at radius 1 is 1.83 bits per heavy atom. The summed E-state index contributed by atoms with van der Waals surface area (Å²) in [6, 6.07) is 1.42. The van der Waals surface area contributed by atoms with Crippen LogP contribution in [-0.4, -0.2) is 25.9 Å². The molecule has 0 bridgehead atoms. The molecule has 0 saturated carbocycles. The van der Waals surface area contributed by atoms with Crippen LogP contribution in [0.15, 0.2) is 0 Å². The summed E-state index contributed by atoms with van der Waals surface area (Å²) in [7, 11) is 0.403. The average Bonchev–Trinajstić information content (AvgIpc) is 1.35. The Balaban J connectivity index is 3.89. The fourth-order valence-corrected chi connectivity index (χ4v) is 0.263. The summed E-state index contributed by atoms with van der Waals surface area (Å²) in [4.78, 5) is 0. The summed E-state index contributed by atoms with van der Waals surface area (Å²) in [5.74, 6) is 0. The first-order chi connectivity index (χ1) is 2.77. The van der Waals surface area contributed by atoms with E-state index in [4.69, 9.17) is 6.53 Å². The van der Waals surface area contributed by atoms with Crippen LogP contribution < -0.4 is 0 Å². The molecule has 6 heavy (non-hydrogen) atoms. The van der Waals surface area contributed by atoms with Gasteiger partial charge < -0.3 is 0 Å². The normalized spacial score (nSPS) is 9.50. The van der Waals surface area contributed by atoms with Crippen molar-refractivity contribution in [1.29, 1.82) is 0 Å². The van der Waals surface area contributed by atoms with Crippen LogP contribution in [0, 0.1) is 0 Å². The molecule has 0 amide bonds. The van der Waals surface area contributed by atoms with Crippen molar-refractivity contribution in [2.24, 2.45) is 0 Å². The number of hydrogen-bond donors (Lipinski definition) is 0. The van der Waals surface area contributed by atoms with Gasteiger partial charge in [-0.05, 0) is 0 Å². The summed E-state index contributed by atoms with van der Waals surface area (Å²) in [6.07, 6.45) is 1.77. The first-order valence-electron chi connectivity index (χ1n) is 1.45. The predicted octanol–water partition coefficient (Wildman–Crippen LogP) is -0.448. The zero-order valence-electron chi connectivity index (χ0n) is 3.55. The first-order valence-corrected chi connectivity index (χ1v) is 3.21. The van der Waals surface area contributed by atoms with E-state index in [0.29, 0.717) is 7.04 Å². The summed E-state index contributed by atoms with van der Waals surface area (Å²) in [5.41, 5.74) is 0. The fourth-order valence-electron chi connectivity index (χ4n) is 0.0876. The van der Waals surface area contributed by atoms with E-state index in [0.717, 1.165) is 0 Å². The second-order valence-corrected chi connectivity index (χ2v) is 2.37. The van der Waals surface area contributed by atoms with E-state index < -0.39 is 0 Å². The van der Waals surface area contributed by atoms with Crippen molar-refractivity contribution in [2.75, 3.05) is 6.26 Å². The molecule has 0 unspecified atom stereocenters. The minimum absolute atomic E-state index is 0.309. The Bertz CT molecular complexity index is 153. The molecule has 0 aliphatic rings. The van der Waals surface area contributed by atoms with E-state index in [9.17, 15) is 4.70 Å². The van der Waals surface area contributed by atoms with Crippen LogP contribution in [0.2, 0.25) is 0 Å². The van der Waals surface area contributed by atoms with Crippen molar-refractivity contribution in [1.82, 2.24) is 0 Å². The van der Waals surface area contributed by atoms with Crippen LogP contribution >= 0.6 is 9.56 Å². The molecule has 0 saturated heterocycles. The molecule has 0 atom stereocenters. The zero-order valence-corrected chi connectivity index (χ0v) is 4.37. The topological polar surface area (TPSA) is 17.1 Å². The fraction of sp³-hybridized carbons (Fsp3) is 1.00. The van der Waals surface area contributed by atoms with E-state index in [2.05, 4.69) is 0 Å². The van der Waals surface area contributed by atoms with Crippen molar-refractivity contribution >= 4 is 29.2 Å². The van der Waals surface area contributed by atoms with E-state index in [1.807, 2.05) is 0 Å². The van der Waals surface area contributed by atoms with Crippen molar-refractivity contribution in [3.63, 3.8) is 0 Å². The van der Waals surface area contributed by atoms with Gasteiger partial charge in [-0.3, -0.25) is 0 Å². The molecule has 0 heterocycles. The third-order valence-electron chi connectivity index (χ3n) is 0.270. The van der Waals surface area contributed by atoms with Crippen molar-refractivity contribution in [3.8, 4) is 0 Å². The summed E-state index contributed by atoms with van der Waals surface area (Å²) in [6.45, 7) is 5.14. The molecule has 0 fully saturated rings. The van der Waals surface area contributed by atoms with Crippen LogP contribution in [-0.2, 0) is 4.70 Å². The molecule has 0 N–H and O–H groups in total. The van der Waals surface area contributed by atoms with Gasteiger partial charge in [0.15, 0.2) is 0 Å². The van der Waals surface area contributed by atoms with E-state index >= 15 is 0 Å². The van der Waals surface area contributed by atoms with Crippen LogP contribution in [0.3, 0.4) is 0 Å². The Labute approximate surface area is 40.9 Å². The molecular weight excluding hydrogens is 92.5 g/mol. The van der Waals surface area contributed by atoms with E-state index in [-0.39, 0.29) is 9.56 Å². The van der Waals surface area contributed by atoms with Gasteiger partial charge >= 0.3 is 40.1 Å². The maximum absolute atomic E-state index is 9.49. The molecule has 28 valence electrons. The SMILES string of the molecule is B#S(C)=BB=O. The average molecular weight is 95.5 g/mol. The van der Waals surface area contributed by atoms with Gasteiger partial charge in [-0.15, -0.1) is 0 Å². The molecule has 0 aromatic carbocycles. The standard InChI is InChI=1S/CH3B3OS/c1-6(2)4-3-5/h1H3. The van der Waals surface area contributed by atoms with Gasteiger partial charge in [-0.25, -0.2) is 0 Å². The summed E-state index contributed by atoms with van der Waals surface area (Å²) in [5, 5.41) is 0. The van der Waals surface area contributed by atoms with Crippen molar-refractivity contribution in [3.05, 3.63) is 0 Å². The van der Waals surface area contributed by atoms with Gasteiger partial charge in [0.2, 0.25) is 0 Å². The molecule has 0 rings (SSSR count). The molecule has 0 aliphatic carbocycles. The molecule has 0 spiro atoms. The van der Waals surface area contributed by atoms with Gasteiger partial charge in [-0.2, -0.15) is 0 Å². The Morgan fingerprint density at radius 3 is 2.33 bits per heavy atom. The first kappa shape index (κ1) is 6.21. The quantitative estimate of drug-likeness (QED) is 0.404. The molecule has 0 aliphatic heterocycles. The molecule has 5 heteroatoms. The van der Waals surface area contributed by atoms with Gasteiger partial charge in [0, 0.05) is 0 Å². The van der Waals surface area contributed by atoms with Gasteiger partial charge in [0.05, 0.1) is 0 Å². The predicted molar refractivity (Wildman–Crippen MR) is 31.5 cm³/mol. The van der Waals surface area contributed by atoms with Crippen molar-refractivity contribution < 1.29 is 4.70 Å². The molecule has 1 nitrogen and oxygen atoms in total. The minimum atomic E-state index is -0.309. The molecular formula is CH3B3OS. The van der Waals surface area contributed by atoms with E-state index in [1.54, 1.807) is 6.26 Å². The van der Waals surface area contributed by atoms with Gasteiger partial charge in [0.25, 0.3) is 0 Å². The Morgan fingerprint density at radius 2 is 2.33 bits per heavy atom. The zero-order chi connectivity index (χ0) is 4.99. The van der Waals surface area contributed by atoms with Gasteiger partial charge in [-0.1, -0.05) is 0 Å². The maximum atomic E-state index is 9.49. The Hall–Kier alpha value is 0.215. The van der Waals surface area contributed by atoms with Crippen LogP contribution in [0.5, 0.6) is 0 Å². The molecule has 0 aromatic heterocycles. The Kier molecular flexibility index (Phi) is 3.53. The second-order valence-electron chi connectivity index (χ2n) is 0.880. The van der Waals surface area contributed by atoms with Crippen LogP contribution in [0.1, 0.15) is 0 Å². The van der Waals surface area contributed by atoms with Crippen LogP contribution in [0.4, 0.5) is 0 Å². The molecule has 0 aromatic rings. The van der Waals surface area contributed by atoms with Crippen LogP contribution in [0.25, 0.3) is 0 Å². The molecule has 0 radical (unpaired) electrons. The number of hydrogen-bond acceptors (Lipinski definition) is 1. The third kappa shape index (κ3) is 4.21. The van der Waals surface area contributed by atoms with E-state index in [1.165, 1.54) is 6.05 Å². The number of rotatable bonds is 1. The van der Waals surface area contributed by atoms with Gasteiger partial charge in [0.1, 0.15) is 0 Å². The summed E-state index contributed by atoms with van der Waals surface area (Å²) < 4.78 is 9.49. The summed E-state index contributed by atoms with van der Waals surface area (Å²) >= 11 is 0. The monoisotopic (exact) mass is 96.0 g/mol. The van der Waals surface area contributed by atoms with Crippen molar-refractivity contribution in [2.45, 2.75) is 0 Å². The second kappa shape index (κ2) is 3.41.